The third kappa shape index (κ3) is 4.99. The molecule has 2 aromatic heterocycles. The summed E-state index contributed by atoms with van der Waals surface area (Å²) in [4.78, 5) is 16.0. The van der Waals surface area contributed by atoms with Gasteiger partial charge in [-0.25, -0.2) is 9.67 Å². The Balaban J connectivity index is 2.10. The van der Waals surface area contributed by atoms with Gasteiger partial charge in [0.1, 0.15) is 0 Å². The number of pyridine rings is 1. The Labute approximate surface area is 150 Å². The molecular formula is C18H27N3O3Si. The summed E-state index contributed by atoms with van der Waals surface area (Å²) in [6.45, 7) is 11.6. The first kappa shape index (κ1) is 19.3. The summed E-state index contributed by atoms with van der Waals surface area (Å²) < 4.78 is 12.6. The largest absolute Gasteiger partial charge is 0.469 e. The molecule has 0 fully saturated rings. The van der Waals surface area contributed by atoms with E-state index in [4.69, 9.17) is 4.43 Å². The van der Waals surface area contributed by atoms with Crippen LogP contribution in [0.3, 0.4) is 0 Å². The minimum Gasteiger partial charge on any atom is -0.469 e. The van der Waals surface area contributed by atoms with Crippen LogP contribution in [0.25, 0.3) is 5.82 Å². The lowest BCUT2D eigenvalue weighted by atomic mass is 10.2. The van der Waals surface area contributed by atoms with Crippen LogP contribution in [0.1, 0.15) is 32.2 Å². The maximum absolute atomic E-state index is 11.3. The van der Waals surface area contributed by atoms with E-state index in [-0.39, 0.29) is 17.4 Å². The summed E-state index contributed by atoms with van der Waals surface area (Å²) in [5, 5.41) is 4.54. The van der Waals surface area contributed by atoms with Crippen molar-refractivity contribution < 1.29 is 14.0 Å². The first-order valence-corrected chi connectivity index (χ1v) is 11.2. The summed E-state index contributed by atoms with van der Waals surface area (Å²) >= 11 is 0. The first-order chi connectivity index (χ1) is 11.6. The zero-order valence-corrected chi connectivity index (χ0v) is 16.9. The van der Waals surface area contributed by atoms with Crippen molar-refractivity contribution in [2.75, 3.05) is 7.11 Å². The van der Waals surface area contributed by atoms with Gasteiger partial charge in [-0.05, 0) is 36.3 Å². The van der Waals surface area contributed by atoms with Crippen LogP contribution >= 0.6 is 0 Å². The number of esters is 1. The van der Waals surface area contributed by atoms with Gasteiger partial charge in [-0.3, -0.25) is 4.79 Å². The molecule has 0 aliphatic heterocycles. The monoisotopic (exact) mass is 361 g/mol. The van der Waals surface area contributed by atoms with Crippen LogP contribution in [0.4, 0.5) is 0 Å². The summed E-state index contributed by atoms with van der Waals surface area (Å²) in [6, 6.07) is 7.56. The molecule has 2 heterocycles. The second kappa shape index (κ2) is 7.49. The highest BCUT2D eigenvalue weighted by Gasteiger charge is 2.37. The van der Waals surface area contributed by atoms with Crippen molar-refractivity contribution in [2.24, 2.45) is 0 Å². The fourth-order valence-corrected chi connectivity index (χ4v) is 2.89. The molecule has 0 radical (unpaired) electrons. The minimum absolute atomic E-state index is 0.150. The minimum atomic E-state index is -1.82. The van der Waals surface area contributed by atoms with E-state index < -0.39 is 8.32 Å². The molecule has 136 valence electrons. The molecule has 0 atom stereocenters. The van der Waals surface area contributed by atoms with Gasteiger partial charge in [0.2, 0.25) is 0 Å². The zero-order chi connectivity index (χ0) is 18.7. The third-order valence-corrected chi connectivity index (χ3v) is 9.09. The number of methoxy groups -OCH3 is 1. The highest BCUT2D eigenvalue weighted by atomic mass is 28.4. The maximum atomic E-state index is 11.3. The molecule has 0 saturated carbocycles. The molecule has 2 rings (SSSR count). The van der Waals surface area contributed by atoms with Gasteiger partial charge >= 0.3 is 5.97 Å². The smallest absolute Gasteiger partial charge is 0.311 e. The highest BCUT2D eigenvalue weighted by Crippen LogP contribution is 2.36. The number of ether oxygens (including phenoxy) is 1. The van der Waals surface area contributed by atoms with Crippen molar-refractivity contribution in [3.05, 3.63) is 41.9 Å². The number of hydrogen-bond donors (Lipinski definition) is 0. The van der Waals surface area contributed by atoms with Gasteiger partial charge in [0.15, 0.2) is 14.1 Å². The van der Waals surface area contributed by atoms with Crippen LogP contribution in [0, 0.1) is 0 Å². The lowest BCUT2D eigenvalue weighted by Crippen LogP contribution is -2.40. The van der Waals surface area contributed by atoms with Gasteiger partial charge in [-0.2, -0.15) is 5.10 Å². The second-order valence-electron chi connectivity index (χ2n) is 7.54. The number of carbonyl (C=O) groups is 1. The molecule has 0 aromatic carbocycles. The number of nitrogens with zero attached hydrogens (tertiary/aromatic N) is 3. The summed E-state index contributed by atoms with van der Waals surface area (Å²) in [6.07, 6.45) is 1.94. The third-order valence-electron chi connectivity index (χ3n) is 4.61. The average molecular weight is 362 g/mol. The Morgan fingerprint density at radius 3 is 2.56 bits per heavy atom. The Bertz CT molecular complexity index is 735. The predicted molar refractivity (Wildman–Crippen MR) is 99.1 cm³/mol. The molecule has 0 aliphatic rings. The van der Waals surface area contributed by atoms with Crippen LogP contribution < -0.4 is 0 Å². The van der Waals surface area contributed by atoms with Crippen LogP contribution in [-0.4, -0.2) is 36.2 Å². The molecule has 0 spiro atoms. The van der Waals surface area contributed by atoms with E-state index >= 15 is 0 Å². The van der Waals surface area contributed by atoms with E-state index in [0.717, 1.165) is 5.69 Å². The lowest BCUT2D eigenvalue weighted by Gasteiger charge is -2.36. The lowest BCUT2D eigenvalue weighted by molar-refractivity contribution is -0.139. The summed E-state index contributed by atoms with van der Waals surface area (Å²) in [5.74, 6) is 0.391. The topological polar surface area (TPSA) is 66.2 Å². The fraction of sp³-hybridized carbons (Fsp3) is 0.500. The average Bonchev–Trinajstić information content (AvgIpc) is 3.00. The fourth-order valence-electron chi connectivity index (χ4n) is 1.95. The maximum Gasteiger partial charge on any atom is 0.311 e. The van der Waals surface area contributed by atoms with Gasteiger partial charge < -0.3 is 9.16 Å². The molecule has 7 heteroatoms. The van der Waals surface area contributed by atoms with E-state index in [1.807, 2.05) is 18.2 Å². The standard InChI is InChI=1S/C18H27N3O3Si/c1-18(2,3)25(5,6)24-13-15-8-7-9-16(19-15)21-11-10-14(20-21)12-17(22)23-4/h7-11H,12-13H2,1-6H3. The summed E-state index contributed by atoms with van der Waals surface area (Å²) in [5.41, 5.74) is 1.52. The number of hydrogen-bond acceptors (Lipinski definition) is 5. The van der Waals surface area contributed by atoms with E-state index in [1.165, 1.54) is 7.11 Å². The molecule has 6 nitrogen and oxygen atoms in total. The Morgan fingerprint density at radius 1 is 1.20 bits per heavy atom. The molecule has 0 aliphatic carbocycles. The molecule has 0 unspecified atom stereocenters. The second-order valence-corrected chi connectivity index (χ2v) is 12.3. The van der Waals surface area contributed by atoms with E-state index in [2.05, 4.69) is 48.7 Å². The highest BCUT2D eigenvalue weighted by molar-refractivity contribution is 6.74. The molecule has 0 bridgehead atoms. The van der Waals surface area contributed by atoms with Crippen molar-refractivity contribution in [3.63, 3.8) is 0 Å². The van der Waals surface area contributed by atoms with Gasteiger partial charge in [0.05, 0.1) is 31.5 Å². The normalized spacial score (nSPS) is 12.2. The van der Waals surface area contributed by atoms with Crippen LogP contribution in [0.2, 0.25) is 18.1 Å². The van der Waals surface area contributed by atoms with Gasteiger partial charge in [0, 0.05) is 6.20 Å². The quantitative estimate of drug-likeness (QED) is 0.582. The van der Waals surface area contributed by atoms with E-state index in [1.54, 1.807) is 16.9 Å². The molecular weight excluding hydrogens is 334 g/mol. The predicted octanol–water partition coefficient (Wildman–Crippen LogP) is 3.50. The van der Waals surface area contributed by atoms with Crippen LogP contribution in [0.5, 0.6) is 0 Å². The SMILES string of the molecule is COC(=O)Cc1ccn(-c2cccc(CO[Si](C)(C)C(C)(C)C)n2)n1. The summed E-state index contributed by atoms with van der Waals surface area (Å²) in [7, 11) is -0.449. The van der Waals surface area contributed by atoms with Gasteiger partial charge in [-0.1, -0.05) is 26.8 Å². The zero-order valence-electron chi connectivity index (χ0n) is 15.9. The van der Waals surface area contributed by atoms with Crippen molar-refractivity contribution in [1.29, 1.82) is 0 Å². The Morgan fingerprint density at radius 2 is 1.92 bits per heavy atom. The number of rotatable bonds is 6. The van der Waals surface area contributed by atoms with Crippen molar-refractivity contribution in [1.82, 2.24) is 14.8 Å². The number of aromatic nitrogens is 3. The first-order valence-electron chi connectivity index (χ1n) is 8.34. The van der Waals surface area contributed by atoms with Gasteiger partial charge in [0.25, 0.3) is 0 Å². The molecule has 25 heavy (non-hydrogen) atoms. The van der Waals surface area contributed by atoms with Gasteiger partial charge in [-0.15, -0.1) is 0 Å². The van der Waals surface area contributed by atoms with Crippen molar-refractivity contribution in [3.8, 4) is 5.82 Å². The van der Waals surface area contributed by atoms with Crippen LogP contribution in [0.15, 0.2) is 30.5 Å². The van der Waals surface area contributed by atoms with Crippen molar-refractivity contribution >= 4 is 14.3 Å². The molecule has 0 saturated heterocycles. The Hall–Kier alpha value is -1.99. The van der Waals surface area contributed by atoms with E-state index in [0.29, 0.717) is 18.1 Å². The molecule has 0 N–H and O–H groups in total. The van der Waals surface area contributed by atoms with E-state index in [9.17, 15) is 4.79 Å². The Kier molecular flexibility index (Phi) is 5.79. The van der Waals surface area contributed by atoms with Crippen LogP contribution in [-0.2, 0) is 27.0 Å². The molecule has 2 aromatic rings. The number of carbonyl (C=O) groups excluding carboxylic acids is 1. The molecule has 0 amide bonds. The van der Waals surface area contributed by atoms with Crippen molar-refractivity contribution in [2.45, 2.75) is 51.9 Å².